The fourth-order valence-electron chi connectivity index (χ4n) is 2.78. The van der Waals surface area contributed by atoms with E-state index < -0.39 is 6.10 Å². The Bertz CT molecular complexity index is 624. The number of aromatic nitrogens is 2. The summed E-state index contributed by atoms with van der Waals surface area (Å²) < 4.78 is 2.73. The quantitative estimate of drug-likeness (QED) is 0.902. The Morgan fingerprint density at radius 2 is 2.35 bits per heavy atom. The average Bonchev–Trinajstić information content (AvgIpc) is 3.05. The number of para-hydroxylation sites is 1. The lowest BCUT2D eigenvalue weighted by Crippen LogP contribution is -2.12. The first-order valence-corrected chi connectivity index (χ1v) is 7.76. The second kappa shape index (κ2) is 5.58. The summed E-state index contributed by atoms with van der Waals surface area (Å²) in [6.07, 6.45) is 3.09. The zero-order valence-electron chi connectivity index (χ0n) is 11.4. The topological polar surface area (TPSA) is 50.1 Å². The molecule has 1 aliphatic rings. The van der Waals surface area contributed by atoms with Crippen LogP contribution in [0, 0.1) is 0 Å². The molecule has 1 atom stereocenters. The van der Waals surface area contributed by atoms with Crippen LogP contribution >= 0.6 is 15.9 Å². The molecule has 0 aliphatic carbocycles. The maximum absolute atomic E-state index is 10.8. The highest BCUT2D eigenvalue weighted by atomic mass is 79.9. The van der Waals surface area contributed by atoms with Gasteiger partial charge in [-0.3, -0.25) is 4.68 Å². The highest BCUT2D eigenvalue weighted by molar-refractivity contribution is 9.10. The lowest BCUT2D eigenvalue weighted by Gasteiger charge is -2.17. The number of aliphatic hydroxyl groups is 1. The monoisotopic (exact) mass is 335 g/mol. The van der Waals surface area contributed by atoms with Crippen molar-refractivity contribution in [2.75, 3.05) is 11.9 Å². The van der Waals surface area contributed by atoms with E-state index in [0.29, 0.717) is 0 Å². The SMILES string of the molecule is CCCn1ncc(Br)c1C(O)c1cccc2c1NCC2. The van der Waals surface area contributed by atoms with E-state index in [1.54, 1.807) is 6.20 Å². The van der Waals surface area contributed by atoms with Gasteiger partial charge in [0, 0.05) is 24.3 Å². The number of hydrogen-bond donors (Lipinski definition) is 2. The lowest BCUT2D eigenvalue weighted by atomic mass is 10.0. The number of rotatable bonds is 4. The van der Waals surface area contributed by atoms with E-state index >= 15 is 0 Å². The van der Waals surface area contributed by atoms with Crippen LogP contribution in [0.5, 0.6) is 0 Å². The Balaban J connectivity index is 2.03. The van der Waals surface area contributed by atoms with Crippen LogP contribution in [0.15, 0.2) is 28.9 Å². The number of aliphatic hydroxyl groups excluding tert-OH is 1. The molecule has 0 saturated carbocycles. The summed E-state index contributed by atoms with van der Waals surface area (Å²) >= 11 is 3.50. The minimum atomic E-state index is -0.668. The first-order chi connectivity index (χ1) is 9.72. The van der Waals surface area contributed by atoms with E-state index in [4.69, 9.17) is 0 Å². The number of benzene rings is 1. The van der Waals surface area contributed by atoms with Crippen LogP contribution in [0.3, 0.4) is 0 Å². The van der Waals surface area contributed by atoms with Gasteiger partial charge in [0.05, 0.1) is 16.4 Å². The molecule has 1 unspecified atom stereocenters. The molecule has 2 heterocycles. The largest absolute Gasteiger partial charge is 0.384 e. The van der Waals surface area contributed by atoms with Crippen molar-refractivity contribution < 1.29 is 5.11 Å². The van der Waals surface area contributed by atoms with Crippen molar-refractivity contribution in [3.05, 3.63) is 45.7 Å². The fraction of sp³-hybridized carbons (Fsp3) is 0.400. The van der Waals surface area contributed by atoms with Crippen molar-refractivity contribution in [2.24, 2.45) is 0 Å². The van der Waals surface area contributed by atoms with E-state index in [0.717, 1.165) is 47.3 Å². The maximum atomic E-state index is 10.8. The van der Waals surface area contributed by atoms with Gasteiger partial charge in [0.1, 0.15) is 6.10 Å². The van der Waals surface area contributed by atoms with Gasteiger partial charge in [-0.25, -0.2) is 0 Å². The zero-order chi connectivity index (χ0) is 14.1. The third-order valence-corrected chi connectivity index (χ3v) is 4.31. The maximum Gasteiger partial charge on any atom is 0.124 e. The molecule has 20 heavy (non-hydrogen) atoms. The van der Waals surface area contributed by atoms with Crippen molar-refractivity contribution in [1.29, 1.82) is 0 Å². The van der Waals surface area contributed by atoms with Crippen LogP contribution in [-0.4, -0.2) is 21.4 Å². The number of fused-ring (bicyclic) bond motifs is 1. The smallest absolute Gasteiger partial charge is 0.124 e. The second-order valence-electron chi connectivity index (χ2n) is 5.06. The summed E-state index contributed by atoms with van der Waals surface area (Å²) in [5.74, 6) is 0. The van der Waals surface area contributed by atoms with Gasteiger partial charge in [0.15, 0.2) is 0 Å². The summed E-state index contributed by atoms with van der Waals surface area (Å²) in [4.78, 5) is 0. The molecular formula is C15H18BrN3O. The van der Waals surface area contributed by atoms with Crippen molar-refractivity contribution in [3.8, 4) is 0 Å². The third kappa shape index (κ3) is 2.25. The molecule has 2 aromatic rings. The average molecular weight is 336 g/mol. The van der Waals surface area contributed by atoms with Gasteiger partial charge in [-0.05, 0) is 34.3 Å². The molecular weight excluding hydrogens is 318 g/mol. The van der Waals surface area contributed by atoms with E-state index in [9.17, 15) is 5.11 Å². The van der Waals surface area contributed by atoms with Gasteiger partial charge in [0.2, 0.25) is 0 Å². The predicted molar refractivity (Wildman–Crippen MR) is 82.9 cm³/mol. The number of hydrogen-bond acceptors (Lipinski definition) is 3. The number of aryl methyl sites for hydroxylation is 1. The van der Waals surface area contributed by atoms with Crippen LogP contribution < -0.4 is 5.32 Å². The summed E-state index contributed by atoms with van der Waals surface area (Å²) in [5.41, 5.74) is 4.11. The molecule has 3 rings (SSSR count). The van der Waals surface area contributed by atoms with Crippen molar-refractivity contribution in [1.82, 2.24) is 9.78 Å². The molecule has 4 nitrogen and oxygen atoms in total. The van der Waals surface area contributed by atoms with Gasteiger partial charge in [-0.15, -0.1) is 0 Å². The van der Waals surface area contributed by atoms with Crippen molar-refractivity contribution >= 4 is 21.6 Å². The van der Waals surface area contributed by atoms with Crippen LogP contribution in [0.4, 0.5) is 5.69 Å². The molecule has 0 radical (unpaired) electrons. The number of nitrogens with one attached hydrogen (secondary N) is 1. The summed E-state index contributed by atoms with van der Waals surface area (Å²) in [5, 5.41) is 18.5. The predicted octanol–water partition coefficient (Wildman–Crippen LogP) is 3.11. The highest BCUT2D eigenvalue weighted by Crippen LogP contribution is 2.36. The van der Waals surface area contributed by atoms with E-state index in [2.05, 4.69) is 39.3 Å². The van der Waals surface area contributed by atoms with E-state index in [1.165, 1.54) is 5.56 Å². The molecule has 2 N–H and O–H groups in total. The van der Waals surface area contributed by atoms with Crippen LogP contribution in [0.25, 0.3) is 0 Å². The molecule has 1 aromatic heterocycles. The first kappa shape index (κ1) is 13.6. The second-order valence-corrected chi connectivity index (χ2v) is 5.92. The Kier molecular flexibility index (Phi) is 3.81. The Labute approximate surface area is 126 Å². The minimum Gasteiger partial charge on any atom is -0.384 e. The van der Waals surface area contributed by atoms with E-state index in [-0.39, 0.29) is 0 Å². The Morgan fingerprint density at radius 3 is 3.15 bits per heavy atom. The third-order valence-electron chi connectivity index (χ3n) is 3.70. The molecule has 1 aromatic carbocycles. The summed E-state index contributed by atoms with van der Waals surface area (Å²) in [6.45, 7) is 3.85. The highest BCUT2D eigenvalue weighted by Gasteiger charge is 2.24. The minimum absolute atomic E-state index is 0.668. The Hall–Kier alpha value is -1.33. The van der Waals surface area contributed by atoms with Crippen molar-refractivity contribution in [3.63, 3.8) is 0 Å². The first-order valence-electron chi connectivity index (χ1n) is 6.97. The molecule has 0 bridgehead atoms. The standard InChI is InChI=1S/C15H18BrN3O/c1-2-8-19-14(12(16)9-18-19)15(20)11-5-3-4-10-6-7-17-13(10)11/h3-5,9,15,17,20H,2,6-8H2,1H3. The van der Waals surface area contributed by atoms with Gasteiger partial charge >= 0.3 is 0 Å². The Morgan fingerprint density at radius 1 is 1.50 bits per heavy atom. The molecule has 0 spiro atoms. The van der Waals surface area contributed by atoms with Crippen molar-refractivity contribution in [2.45, 2.75) is 32.4 Å². The van der Waals surface area contributed by atoms with Gasteiger partial charge < -0.3 is 10.4 Å². The molecule has 0 saturated heterocycles. The van der Waals surface area contributed by atoms with E-state index in [1.807, 2.05) is 16.8 Å². The molecule has 0 amide bonds. The fourth-order valence-corrected chi connectivity index (χ4v) is 3.29. The molecule has 1 aliphatic heterocycles. The normalized spacial score (nSPS) is 14.9. The van der Waals surface area contributed by atoms with Crippen LogP contribution in [0.2, 0.25) is 0 Å². The summed E-state index contributed by atoms with van der Waals surface area (Å²) in [7, 11) is 0. The molecule has 106 valence electrons. The number of nitrogens with zero attached hydrogens (tertiary/aromatic N) is 2. The van der Waals surface area contributed by atoms with Gasteiger partial charge in [0.25, 0.3) is 0 Å². The van der Waals surface area contributed by atoms with Crippen LogP contribution in [0.1, 0.15) is 36.3 Å². The number of anilines is 1. The number of halogens is 1. The van der Waals surface area contributed by atoms with Gasteiger partial charge in [-0.2, -0.15) is 5.10 Å². The molecule has 5 heteroatoms. The van der Waals surface area contributed by atoms with Crippen LogP contribution in [-0.2, 0) is 13.0 Å². The summed E-state index contributed by atoms with van der Waals surface area (Å²) in [6, 6.07) is 6.11. The lowest BCUT2D eigenvalue weighted by molar-refractivity contribution is 0.207. The molecule has 0 fully saturated rings. The van der Waals surface area contributed by atoms with Gasteiger partial charge in [-0.1, -0.05) is 25.1 Å². The zero-order valence-corrected chi connectivity index (χ0v) is 13.0.